The molecule has 0 saturated heterocycles. The molecule has 18 heteroatoms. The normalized spacial score (nSPS) is 13.8. The first-order chi connectivity index (χ1) is 17.9. The summed E-state index contributed by atoms with van der Waals surface area (Å²) in [5.74, 6) is -3.36. The number of alkyl halides is 7. The van der Waals surface area contributed by atoms with E-state index in [-0.39, 0.29) is 28.7 Å². The van der Waals surface area contributed by atoms with Gasteiger partial charge in [-0.3, -0.25) is 0 Å². The third-order valence-electron chi connectivity index (χ3n) is 4.68. The maximum absolute atomic E-state index is 14.9. The Morgan fingerprint density at radius 1 is 1.13 bits per heavy atom. The van der Waals surface area contributed by atoms with Crippen LogP contribution in [0.25, 0.3) is 11.5 Å². The number of anilines is 1. The molecular formula is C20H18F8N6O3S. The molecule has 1 aromatic carbocycles. The van der Waals surface area contributed by atoms with Gasteiger partial charge in [0.15, 0.2) is 0 Å². The number of halogens is 8. The molecule has 0 aliphatic rings. The van der Waals surface area contributed by atoms with Crippen LogP contribution in [0.3, 0.4) is 0 Å². The van der Waals surface area contributed by atoms with Crippen molar-refractivity contribution in [1.29, 1.82) is 0 Å². The van der Waals surface area contributed by atoms with Gasteiger partial charge in [-0.1, -0.05) is 13.0 Å². The Kier molecular flexibility index (Phi) is 9.53. The van der Waals surface area contributed by atoms with Gasteiger partial charge in [0.25, 0.3) is 11.8 Å². The number of hydrogen-bond donors (Lipinski definition) is 1. The second kappa shape index (κ2) is 12.4. The van der Waals surface area contributed by atoms with Crippen LogP contribution in [-0.4, -0.2) is 60.3 Å². The third kappa shape index (κ3) is 8.04. The molecule has 208 valence electrons. The molecule has 9 nitrogen and oxygen atoms in total. The summed E-state index contributed by atoms with van der Waals surface area (Å²) in [6.07, 6.45) is -5.62. The molecular weight excluding hydrogens is 556 g/mol. The van der Waals surface area contributed by atoms with Gasteiger partial charge in [-0.15, -0.1) is 10.2 Å². The molecule has 1 N–H and O–H groups in total. The summed E-state index contributed by atoms with van der Waals surface area (Å²) in [5.41, 5.74) is -0.269. The van der Waals surface area contributed by atoms with E-state index in [1.54, 1.807) is 0 Å². The minimum absolute atomic E-state index is 0.0250. The van der Waals surface area contributed by atoms with Crippen molar-refractivity contribution in [2.75, 3.05) is 24.2 Å². The van der Waals surface area contributed by atoms with Crippen LogP contribution in [0.5, 0.6) is 5.75 Å². The lowest BCUT2D eigenvalue weighted by molar-refractivity contribution is -0.135. The Morgan fingerprint density at radius 2 is 1.82 bits per heavy atom. The molecule has 2 atom stereocenters. The minimum Gasteiger partial charge on any atom is -0.435 e. The summed E-state index contributed by atoms with van der Waals surface area (Å²) in [7, 11) is -2.12. The van der Waals surface area contributed by atoms with Crippen LogP contribution in [0.15, 0.2) is 35.0 Å². The standard InChI is InChI=1S/C20H18F8N6O3S/c1-2-38(35)34(9-20(26,27)28)8-14(12-4-3-11(5-13(12)21)36-18(24)25)31-19-29-6-10(7-30-19)16-32-33-17(37-16)15(22)23/h3-7,14-15,18H,2,8-9H2,1H3,(H,29,30,31). The summed E-state index contributed by atoms with van der Waals surface area (Å²) in [5, 5.41) is 9.20. The van der Waals surface area contributed by atoms with Crippen LogP contribution in [0.1, 0.15) is 30.8 Å². The molecule has 2 aromatic heterocycles. The smallest absolute Gasteiger partial charge is 0.402 e. The molecule has 2 unspecified atom stereocenters. The molecule has 3 rings (SSSR count). The average Bonchev–Trinajstić information content (AvgIpc) is 3.33. The zero-order valence-electron chi connectivity index (χ0n) is 19.1. The lowest BCUT2D eigenvalue weighted by Gasteiger charge is -2.28. The maximum Gasteiger partial charge on any atom is 0.402 e. The van der Waals surface area contributed by atoms with Crippen LogP contribution in [0, 0.1) is 5.82 Å². The quantitative estimate of drug-likeness (QED) is 0.305. The summed E-state index contributed by atoms with van der Waals surface area (Å²) in [6.45, 7) is -4.12. The molecule has 0 saturated carbocycles. The number of rotatable bonds is 12. The fourth-order valence-electron chi connectivity index (χ4n) is 3.10. The summed E-state index contributed by atoms with van der Waals surface area (Å²) in [6, 6.07) is 1.23. The Hall–Kier alpha value is -3.41. The van der Waals surface area contributed by atoms with Gasteiger partial charge in [-0.05, 0) is 6.07 Å². The molecule has 0 amide bonds. The predicted octanol–water partition coefficient (Wildman–Crippen LogP) is 4.91. The topological polar surface area (TPSA) is 106 Å². The third-order valence-corrected chi connectivity index (χ3v) is 6.03. The van der Waals surface area contributed by atoms with Gasteiger partial charge in [-0.2, -0.15) is 30.7 Å². The van der Waals surface area contributed by atoms with E-state index < -0.39 is 66.8 Å². The van der Waals surface area contributed by atoms with Crippen LogP contribution in [0.2, 0.25) is 0 Å². The second-order valence-electron chi connectivity index (χ2n) is 7.35. The zero-order valence-corrected chi connectivity index (χ0v) is 19.9. The second-order valence-corrected chi connectivity index (χ2v) is 9.08. The number of aromatic nitrogens is 4. The fourth-order valence-corrected chi connectivity index (χ4v) is 4.07. The van der Waals surface area contributed by atoms with Gasteiger partial charge >= 0.3 is 19.2 Å². The van der Waals surface area contributed by atoms with Gasteiger partial charge in [0.05, 0.1) is 22.6 Å². The van der Waals surface area contributed by atoms with E-state index in [4.69, 9.17) is 4.42 Å². The monoisotopic (exact) mass is 574 g/mol. The summed E-state index contributed by atoms with van der Waals surface area (Å²) in [4.78, 5) is 7.82. The van der Waals surface area contributed by atoms with E-state index in [9.17, 15) is 39.3 Å². The lowest BCUT2D eigenvalue weighted by Crippen LogP contribution is -2.40. The van der Waals surface area contributed by atoms with Crippen molar-refractivity contribution in [3.05, 3.63) is 47.9 Å². The molecule has 38 heavy (non-hydrogen) atoms. The van der Waals surface area contributed by atoms with Crippen molar-refractivity contribution in [2.45, 2.75) is 32.2 Å². The lowest BCUT2D eigenvalue weighted by atomic mass is 10.1. The number of benzene rings is 1. The highest BCUT2D eigenvalue weighted by Crippen LogP contribution is 2.29. The first-order valence-electron chi connectivity index (χ1n) is 10.5. The Labute approximate surface area is 211 Å². The SMILES string of the molecule is CCS(=O)N(CC(Nc1ncc(-c2nnc(C(F)F)o2)cn1)c1ccc(OC(F)F)cc1F)CC(F)(F)F. The van der Waals surface area contributed by atoms with E-state index in [1.807, 2.05) is 0 Å². The van der Waals surface area contributed by atoms with E-state index in [2.05, 4.69) is 30.2 Å². The van der Waals surface area contributed by atoms with Crippen LogP contribution >= 0.6 is 0 Å². The van der Waals surface area contributed by atoms with Crippen molar-refractivity contribution in [2.24, 2.45) is 0 Å². The Bertz CT molecular complexity index is 1230. The van der Waals surface area contributed by atoms with Crippen molar-refractivity contribution in [1.82, 2.24) is 24.5 Å². The molecule has 2 heterocycles. The number of hydrogen-bond acceptors (Lipinski definition) is 8. The van der Waals surface area contributed by atoms with Gasteiger partial charge < -0.3 is 14.5 Å². The van der Waals surface area contributed by atoms with E-state index >= 15 is 0 Å². The van der Waals surface area contributed by atoms with E-state index in [0.29, 0.717) is 10.4 Å². The molecule has 0 aliphatic carbocycles. The summed E-state index contributed by atoms with van der Waals surface area (Å²) >= 11 is 0. The van der Waals surface area contributed by atoms with Crippen LogP contribution in [-0.2, 0) is 11.0 Å². The van der Waals surface area contributed by atoms with E-state index in [1.165, 1.54) is 6.92 Å². The summed E-state index contributed by atoms with van der Waals surface area (Å²) < 4.78 is 126. The van der Waals surface area contributed by atoms with Crippen molar-refractivity contribution in [3.8, 4) is 17.2 Å². The van der Waals surface area contributed by atoms with Gasteiger partial charge in [0.1, 0.15) is 18.1 Å². The van der Waals surface area contributed by atoms with Gasteiger partial charge in [-0.25, -0.2) is 22.9 Å². The zero-order chi connectivity index (χ0) is 28.0. The maximum atomic E-state index is 14.9. The molecule has 0 spiro atoms. The Balaban J connectivity index is 1.92. The van der Waals surface area contributed by atoms with Gasteiger partial charge in [0.2, 0.25) is 5.95 Å². The average molecular weight is 574 g/mol. The predicted molar refractivity (Wildman–Crippen MR) is 116 cm³/mol. The largest absolute Gasteiger partial charge is 0.435 e. The highest BCUT2D eigenvalue weighted by Gasteiger charge is 2.35. The fraction of sp³-hybridized carbons (Fsp3) is 0.400. The number of ether oxygens (including phenoxy) is 1. The Morgan fingerprint density at radius 3 is 2.34 bits per heavy atom. The van der Waals surface area contributed by atoms with Crippen molar-refractivity contribution >= 4 is 16.9 Å². The first-order valence-corrected chi connectivity index (χ1v) is 11.8. The molecule has 0 bridgehead atoms. The van der Waals surface area contributed by atoms with E-state index in [0.717, 1.165) is 24.5 Å². The molecule has 0 fully saturated rings. The van der Waals surface area contributed by atoms with Crippen LogP contribution < -0.4 is 10.1 Å². The van der Waals surface area contributed by atoms with Crippen molar-refractivity contribution < 1.29 is 48.5 Å². The van der Waals surface area contributed by atoms with Crippen molar-refractivity contribution in [3.63, 3.8) is 0 Å². The number of nitrogens with zero attached hydrogens (tertiary/aromatic N) is 5. The number of nitrogens with one attached hydrogen (secondary N) is 1. The van der Waals surface area contributed by atoms with Gasteiger partial charge in [0, 0.05) is 36.3 Å². The first kappa shape index (κ1) is 29.2. The highest BCUT2D eigenvalue weighted by molar-refractivity contribution is 7.82. The molecule has 0 aliphatic heterocycles. The molecule has 0 radical (unpaired) electrons. The highest BCUT2D eigenvalue weighted by atomic mass is 32.2. The molecule has 3 aromatic rings. The van der Waals surface area contributed by atoms with Crippen LogP contribution in [0.4, 0.5) is 41.1 Å². The minimum atomic E-state index is -4.75.